The summed E-state index contributed by atoms with van der Waals surface area (Å²) in [5.41, 5.74) is 3.51. The van der Waals surface area contributed by atoms with Crippen molar-refractivity contribution in [2.75, 3.05) is 7.11 Å². The van der Waals surface area contributed by atoms with Gasteiger partial charge in [0.25, 0.3) is 0 Å². The van der Waals surface area contributed by atoms with Gasteiger partial charge < -0.3 is 14.8 Å². The first kappa shape index (κ1) is 22.1. The molecule has 166 valence electrons. The van der Waals surface area contributed by atoms with Gasteiger partial charge >= 0.3 is 5.97 Å². The number of dihydropyridines is 1. The Bertz CT molecular complexity index is 985. The summed E-state index contributed by atoms with van der Waals surface area (Å²) in [4.78, 5) is 26.8. The van der Waals surface area contributed by atoms with Crippen LogP contribution < -0.4 is 10.1 Å². The van der Waals surface area contributed by atoms with E-state index in [0.29, 0.717) is 23.3 Å². The van der Waals surface area contributed by atoms with E-state index >= 15 is 0 Å². The van der Waals surface area contributed by atoms with E-state index in [0.717, 1.165) is 53.5 Å². The van der Waals surface area contributed by atoms with E-state index < -0.39 is 5.92 Å². The fourth-order valence-corrected chi connectivity index (χ4v) is 5.55. The van der Waals surface area contributed by atoms with E-state index in [1.54, 1.807) is 7.11 Å². The number of carbonyl (C=O) groups is 2. The van der Waals surface area contributed by atoms with Crippen molar-refractivity contribution in [3.05, 3.63) is 50.8 Å². The van der Waals surface area contributed by atoms with Crippen LogP contribution in [-0.4, -0.2) is 25.0 Å². The Kier molecular flexibility index (Phi) is 6.03. The molecule has 6 heteroatoms. The Balaban J connectivity index is 1.85. The molecule has 1 aromatic carbocycles. The van der Waals surface area contributed by atoms with Crippen molar-refractivity contribution in [3.63, 3.8) is 0 Å². The number of Topliss-reactive ketones (excluding diaryl/α,β-unsaturated/α-hetero) is 1. The summed E-state index contributed by atoms with van der Waals surface area (Å²) >= 11 is 3.55. The predicted molar refractivity (Wildman–Crippen MR) is 123 cm³/mol. The standard InChI is InChI=1S/C25H30BrNO4/c1-14-21(24(29)31-16-7-5-6-8-16)22(17-11-15(26)9-10-20(17)30-4)23-18(27-14)12-25(2,3)13-19(23)28/h9-11,16,22,27H,5-8,12-13H2,1-4H3/t22-/m1/s1. The molecule has 0 amide bonds. The minimum absolute atomic E-state index is 0.0470. The van der Waals surface area contributed by atoms with Crippen LogP contribution in [0.3, 0.4) is 0 Å². The molecule has 0 radical (unpaired) electrons. The van der Waals surface area contributed by atoms with Gasteiger partial charge in [-0.25, -0.2) is 4.79 Å². The van der Waals surface area contributed by atoms with Crippen molar-refractivity contribution in [1.82, 2.24) is 5.32 Å². The lowest BCUT2D eigenvalue weighted by atomic mass is 9.68. The molecule has 1 fully saturated rings. The maximum Gasteiger partial charge on any atom is 0.337 e. The van der Waals surface area contributed by atoms with Crippen LogP contribution in [0.1, 0.15) is 70.8 Å². The Labute approximate surface area is 192 Å². The fourth-order valence-electron chi connectivity index (χ4n) is 5.17. The molecule has 1 heterocycles. The van der Waals surface area contributed by atoms with Crippen LogP contribution in [0.25, 0.3) is 0 Å². The molecular weight excluding hydrogens is 458 g/mol. The number of carbonyl (C=O) groups excluding carboxylic acids is 2. The second-order valence-electron chi connectivity index (χ2n) is 9.63. The first-order valence-corrected chi connectivity index (χ1v) is 11.8. The van der Waals surface area contributed by atoms with Crippen LogP contribution in [-0.2, 0) is 14.3 Å². The van der Waals surface area contributed by atoms with Crippen LogP contribution >= 0.6 is 15.9 Å². The third-order valence-corrected chi connectivity index (χ3v) is 7.03. The number of allylic oxidation sites excluding steroid dienone is 3. The zero-order valence-electron chi connectivity index (χ0n) is 18.6. The number of hydrogen-bond donors (Lipinski definition) is 1. The van der Waals surface area contributed by atoms with E-state index in [9.17, 15) is 9.59 Å². The normalized spacial score (nSPS) is 23.5. The first-order valence-electron chi connectivity index (χ1n) is 11.0. The molecule has 0 saturated heterocycles. The highest BCUT2D eigenvalue weighted by molar-refractivity contribution is 9.10. The smallest absolute Gasteiger partial charge is 0.337 e. The van der Waals surface area contributed by atoms with E-state index in [2.05, 4.69) is 35.1 Å². The maximum atomic E-state index is 13.4. The molecule has 0 bridgehead atoms. The lowest BCUT2D eigenvalue weighted by Gasteiger charge is -2.39. The molecule has 4 rings (SSSR count). The molecule has 1 saturated carbocycles. The van der Waals surface area contributed by atoms with Crippen molar-refractivity contribution in [3.8, 4) is 5.75 Å². The Morgan fingerprint density at radius 3 is 2.58 bits per heavy atom. The van der Waals surface area contributed by atoms with Crippen LogP contribution in [0, 0.1) is 5.41 Å². The van der Waals surface area contributed by atoms with Crippen molar-refractivity contribution in [1.29, 1.82) is 0 Å². The molecule has 1 aliphatic heterocycles. The van der Waals surface area contributed by atoms with Gasteiger partial charge in [0.1, 0.15) is 11.9 Å². The lowest BCUT2D eigenvalue weighted by molar-refractivity contribution is -0.144. The van der Waals surface area contributed by atoms with Crippen LogP contribution in [0.2, 0.25) is 0 Å². The average molecular weight is 488 g/mol. The van der Waals surface area contributed by atoms with E-state index in [-0.39, 0.29) is 23.3 Å². The highest BCUT2D eigenvalue weighted by Gasteiger charge is 2.44. The number of benzene rings is 1. The van der Waals surface area contributed by atoms with Crippen LogP contribution in [0.15, 0.2) is 45.2 Å². The summed E-state index contributed by atoms with van der Waals surface area (Å²) in [7, 11) is 1.61. The summed E-state index contributed by atoms with van der Waals surface area (Å²) in [6.45, 7) is 6.11. The lowest BCUT2D eigenvalue weighted by Crippen LogP contribution is -2.39. The molecule has 1 atom stereocenters. The van der Waals surface area contributed by atoms with E-state index in [1.807, 2.05) is 25.1 Å². The number of esters is 1. The minimum Gasteiger partial charge on any atom is -0.496 e. The number of rotatable bonds is 4. The van der Waals surface area contributed by atoms with Crippen molar-refractivity contribution < 1.29 is 19.1 Å². The fraction of sp³-hybridized carbons (Fsp3) is 0.520. The van der Waals surface area contributed by atoms with Gasteiger partial charge in [-0.3, -0.25) is 4.79 Å². The predicted octanol–water partition coefficient (Wildman–Crippen LogP) is 5.55. The van der Waals surface area contributed by atoms with Gasteiger partial charge in [0.15, 0.2) is 5.78 Å². The monoisotopic (exact) mass is 487 g/mol. The summed E-state index contributed by atoms with van der Waals surface area (Å²) in [6, 6.07) is 5.72. The number of halogens is 1. The first-order chi connectivity index (χ1) is 14.7. The quantitative estimate of drug-likeness (QED) is 0.564. The van der Waals surface area contributed by atoms with Gasteiger partial charge in [-0.05, 0) is 62.6 Å². The molecule has 0 aromatic heterocycles. The van der Waals surface area contributed by atoms with Crippen molar-refractivity contribution in [2.45, 2.75) is 71.3 Å². The van der Waals surface area contributed by atoms with E-state index in [1.165, 1.54) is 0 Å². The molecule has 0 spiro atoms. The second-order valence-corrected chi connectivity index (χ2v) is 10.5. The number of ketones is 1. The summed E-state index contributed by atoms with van der Waals surface area (Å²) < 4.78 is 12.4. The Morgan fingerprint density at radius 1 is 1.19 bits per heavy atom. The molecule has 5 nitrogen and oxygen atoms in total. The number of nitrogens with one attached hydrogen (secondary N) is 1. The maximum absolute atomic E-state index is 13.4. The highest BCUT2D eigenvalue weighted by atomic mass is 79.9. The van der Waals surface area contributed by atoms with Gasteiger partial charge in [0, 0.05) is 33.4 Å². The van der Waals surface area contributed by atoms with Crippen LogP contribution in [0.4, 0.5) is 0 Å². The molecule has 1 N–H and O–H groups in total. The molecule has 3 aliphatic rings. The minimum atomic E-state index is -0.513. The highest BCUT2D eigenvalue weighted by Crippen LogP contribution is 2.49. The summed E-state index contributed by atoms with van der Waals surface area (Å²) in [5.74, 6) is -0.127. The molecule has 2 aliphatic carbocycles. The third kappa shape index (κ3) is 4.32. The summed E-state index contributed by atoms with van der Waals surface area (Å²) in [5, 5.41) is 3.40. The largest absolute Gasteiger partial charge is 0.496 e. The van der Waals surface area contributed by atoms with Crippen molar-refractivity contribution >= 4 is 27.7 Å². The van der Waals surface area contributed by atoms with Gasteiger partial charge in [-0.2, -0.15) is 0 Å². The number of hydrogen-bond acceptors (Lipinski definition) is 5. The van der Waals surface area contributed by atoms with Gasteiger partial charge in [-0.15, -0.1) is 0 Å². The molecule has 0 unspecified atom stereocenters. The third-order valence-electron chi connectivity index (χ3n) is 6.54. The van der Waals surface area contributed by atoms with Gasteiger partial charge in [0.2, 0.25) is 0 Å². The SMILES string of the molecule is COc1ccc(Br)cc1[C@@H]1C(C(=O)OC2CCCC2)=C(C)NC2=C1C(=O)CC(C)(C)C2. The Morgan fingerprint density at radius 2 is 1.90 bits per heavy atom. The zero-order valence-corrected chi connectivity index (χ0v) is 20.2. The Hall–Kier alpha value is -2.08. The topological polar surface area (TPSA) is 64.6 Å². The van der Waals surface area contributed by atoms with Crippen molar-refractivity contribution in [2.24, 2.45) is 5.41 Å². The number of ether oxygens (including phenoxy) is 2. The summed E-state index contributed by atoms with van der Waals surface area (Å²) in [6.07, 6.45) is 5.12. The van der Waals surface area contributed by atoms with Gasteiger partial charge in [-0.1, -0.05) is 29.8 Å². The average Bonchev–Trinajstić information content (AvgIpc) is 3.18. The molecular formula is C25H30BrNO4. The van der Waals surface area contributed by atoms with E-state index in [4.69, 9.17) is 9.47 Å². The molecule has 1 aromatic rings. The van der Waals surface area contributed by atoms with Gasteiger partial charge in [0.05, 0.1) is 18.6 Å². The molecule has 31 heavy (non-hydrogen) atoms. The zero-order chi connectivity index (χ0) is 22.3. The number of methoxy groups -OCH3 is 1. The second kappa shape index (κ2) is 8.45. The van der Waals surface area contributed by atoms with Crippen LogP contribution in [0.5, 0.6) is 5.75 Å².